The van der Waals surface area contributed by atoms with Crippen LogP contribution in [0.1, 0.15) is 22.6 Å². The van der Waals surface area contributed by atoms with Crippen molar-refractivity contribution in [3.63, 3.8) is 0 Å². The van der Waals surface area contributed by atoms with E-state index in [1.54, 1.807) is 0 Å². The summed E-state index contributed by atoms with van der Waals surface area (Å²) in [5, 5.41) is 0. The van der Waals surface area contributed by atoms with Crippen LogP contribution in [0.3, 0.4) is 0 Å². The van der Waals surface area contributed by atoms with Crippen LogP contribution in [0.2, 0.25) is 0 Å². The lowest BCUT2D eigenvalue weighted by molar-refractivity contribution is 0.235. The van der Waals surface area contributed by atoms with Gasteiger partial charge in [-0.1, -0.05) is 6.07 Å². The van der Waals surface area contributed by atoms with Crippen LogP contribution < -0.4 is 0 Å². The van der Waals surface area contributed by atoms with Crippen molar-refractivity contribution in [3.8, 4) is 0 Å². The number of rotatable bonds is 2. The van der Waals surface area contributed by atoms with Crippen LogP contribution in [0.15, 0.2) is 24.4 Å². The number of aromatic nitrogens is 2. The van der Waals surface area contributed by atoms with E-state index in [2.05, 4.69) is 9.97 Å². The largest absolute Gasteiger partial charge is 0.294 e. The smallest absolute Gasteiger partial charge is 0.130 e. The maximum Gasteiger partial charge on any atom is 0.130 e. The van der Waals surface area contributed by atoms with Crippen molar-refractivity contribution in [3.05, 3.63) is 58.7 Å². The lowest BCUT2D eigenvalue weighted by Crippen LogP contribution is -2.31. The second kappa shape index (κ2) is 5.25. The summed E-state index contributed by atoms with van der Waals surface area (Å²) in [5.74, 6) is -0.218. The van der Waals surface area contributed by atoms with Gasteiger partial charge in [0.25, 0.3) is 0 Å². The van der Waals surface area contributed by atoms with Crippen LogP contribution in [0.25, 0.3) is 0 Å². The van der Waals surface area contributed by atoms with Gasteiger partial charge in [-0.05, 0) is 19.1 Å². The van der Waals surface area contributed by atoms with Gasteiger partial charge >= 0.3 is 0 Å². The normalized spacial score (nSPS) is 15.2. The fourth-order valence-electron chi connectivity index (χ4n) is 2.52. The molecule has 0 fully saturated rings. The minimum atomic E-state index is -0.490. The topological polar surface area (TPSA) is 29.0 Å². The lowest BCUT2D eigenvalue weighted by Gasteiger charge is -2.28. The molecule has 0 N–H and O–H groups in total. The first-order valence-corrected chi connectivity index (χ1v) is 6.60. The number of nitrogens with zero attached hydrogens (tertiary/aromatic N) is 3. The van der Waals surface area contributed by atoms with E-state index in [1.807, 2.05) is 18.0 Å². The van der Waals surface area contributed by atoms with E-state index in [1.165, 1.54) is 18.2 Å². The first-order chi connectivity index (χ1) is 9.63. The number of hydrogen-bond acceptors (Lipinski definition) is 3. The first-order valence-electron chi connectivity index (χ1n) is 6.60. The molecule has 0 saturated heterocycles. The zero-order valence-corrected chi connectivity index (χ0v) is 11.2. The highest BCUT2D eigenvalue weighted by Crippen LogP contribution is 2.21. The molecular formula is C15H15F2N3. The molecular weight excluding hydrogens is 260 g/mol. The van der Waals surface area contributed by atoms with Gasteiger partial charge in [-0.3, -0.25) is 4.90 Å². The second-order valence-corrected chi connectivity index (χ2v) is 5.05. The third-order valence-electron chi connectivity index (χ3n) is 3.58. The molecule has 0 saturated carbocycles. The van der Waals surface area contributed by atoms with Gasteiger partial charge in [0.2, 0.25) is 0 Å². The zero-order chi connectivity index (χ0) is 14.1. The van der Waals surface area contributed by atoms with Crippen LogP contribution in [0.4, 0.5) is 8.78 Å². The maximum absolute atomic E-state index is 13.7. The Kier molecular flexibility index (Phi) is 3.44. The molecule has 1 aromatic heterocycles. The quantitative estimate of drug-likeness (QED) is 0.843. The van der Waals surface area contributed by atoms with Crippen molar-refractivity contribution in [2.24, 2.45) is 0 Å². The highest BCUT2D eigenvalue weighted by molar-refractivity contribution is 5.23. The third kappa shape index (κ3) is 2.54. The molecule has 0 amide bonds. The van der Waals surface area contributed by atoms with E-state index in [4.69, 9.17) is 0 Å². The van der Waals surface area contributed by atoms with Crippen LogP contribution in [0, 0.1) is 18.6 Å². The lowest BCUT2D eigenvalue weighted by atomic mass is 10.1. The number of aryl methyl sites for hydroxylation is 1. The Bertz CT molecular complexity index is 623. The summed E-state index contributed by atoms with van der Waals surface area (Å²) >= 11 is 0. The Labute approximate surface area is 116 Å². The van der Waals surface area contributed by atoms with Crippen LogP contribution in [0.5, 0.6) is 0 Å². The van der Waals surface area contributed by atoms with Crippen LogP contribution in [-0.4, -0.2) is 21.4 Å². The van der Waals surface area contributed by atoms with Crippen molar-refractivity contribution in [1.82, 2.24) is 14.9 Å². The summed E-state index contributed by atoms with van der Waals surface area (Å²) in [7, 11) is 0. The highest BCUT2D eigenvalue weighted by atomic mass is 19.1. The first kappa shape index (κ1) is 13.1. The molecule has 20 heavy (non-hydrogen) atoms. The molecule has 2 aromatic rings. The average Bonchev–Trinajstić information content (AvgIpc) is 2.43. The average molecular weight is 275 g/mol. The number of fused-ring (bicyclic) bond motifs is 1. The molecule has 0 aliphatic carbocycles. The Morgan fingerprint density at radius 1 is 1.25 bits per heavy atom. The van der Waals surface area contributed by atoms with Gasteiger partial charge in [0.1, 0.15) is 17.5 Å². The Hall–Kier alpha value is -1.88. The molecule has 2 heterocycles. The van der Waals surface area contributed by atoms with E-state index in [9.17, 15) is 8.78 Å². The monoisotopic (exact) mass is 275 g/mol. The van der Waals surface area contributed by atoms with Crippen molar-refractivity contribution < 1.29 is 8.78 Å². The van der Waals surface area contributed by atoms with Gasteiger partial charge in [-0.2, -0.15) is 0 Å². The summed E-state index contributed by atoms with van der Waals surface area (Å²) < 4.78 is 27.3. The molecule has 0 radical (unpaired) electrons. The van der Waals surface area contributed by atoms with Crippen molar-refractivity contribution in [2.45, 2.75) is 26.4 Å². The van der Waals surface area contributed by atoms with Crippen LogP contribution >= 0.6 is 0 Å². The van der Waals surface area contributed by atoms with Gasteiger partial charge in [0.05, 0.1) is 0 Å². The molecule has 104 valence electrons. The van der Waals surface area contributed by atoms with Crippen molar-refractivity contribution in [2.75, 3.05) is 6.54 Å². The molecule has 1 aliphatic rings. The van der Waals surface area contributed by atoms with Gasteiger partial charge in [0.15, 0.2) is 0 Å². The molecule has 0 bridgehead atoms. The van der Waals surface area contributed by atoms with E-state index >= 15 is 0 Å². The molecule has 3 rings (SSSR count). The molecule has 3 nitrogen and oxygen atoms in total. The fraction of sp³-hybridized carbons (Fsp3) is 0.333. The Morgan fingerprint density at radius 3 is 2.75 bits per heavy atom. The summed E-state index contributed by atoms with van der Waals surface area (Å²) in [6, 6.07) is 3.97. The van der Waals surface area contributed by atoms with Gasteiger partial charge in [-0.15, -0.1) is 0 Å². The molecule has 0 unspecified atom stereocenters. The maximum atomic E-state index is 13.7. The van der Waals surface area contributed by atoms with E-state index in [-0.39, 0.29) is 12.1 Å². The molecule has 0 spiro atoms. The number of halogens is 2. The van der Waals surface area contributed by atoms with E-state index in [0.29, 0.717) is 6.54 Å². The number of benzene rings is 1. The molecule has 0 atom stereocenters. The fourth-order valence-corrected chi connectivity index (χ4v) is 2.52. The zero-order valence-electron chi connectivity index (χ0n) is 11.2. The predicted molar refractivity (Wildman–Crippen MR) is 70.9 cm³/mol. The summed E-state index contributed by atoms with van der Waals surface area (Å²) in [5.41, 5.74) is 2.21. The standard InChI is InChI=1S/C15H15F2N3/c1-10-18-7-11-8-20(6-5-15(11)19-10)9-12-13(16)3-2-4-14(12)17/h2-4,7H,5-6,8-9H2,1H3. The summed E-state index contributed by atoms with van der Waals surface area (Å²) in [4.78, 5) is 10.6. The number of hydrogen-bond donors (Lipinski definition) is 0. The minimum Gasteiger partial charge on any atom is -0.294 e. The van der Waals surface area contributed by atoms with E-state index in [0.717, 1.165) is 30.0 Å². The van der Waals surface area contributed by atoms with Gasteiger partial charge < -0.3 is 0 Å². The molecule has 5 heteroatoms. The second-order valence-electron chi connectivity index (χ2n) is 5.05. The summed E-state index contributed by atoms with van der Waals surface area (Å²) in [6.45, 7) is 3.51. The van der Waals surface area contributed by atoms with Crippen molar-refractivity contribution >= 4 is 0 Å². The SMILES string of the molecule is Cc1ncc2c(n1)CCN(Cc1c(F)cccc1F)C2. The van der Waals surface area contributed by atoms with Crippen molar-refractivity contribution in [1.29, 1.82) is 0 Å². The summed E-state index contributed by atoms with van der Waals surface area (Å²) in [6.07, 6.45) is 2.59. The third-order valence-corrected chi connectivity index (χ3v) is 3.58. The molecule has 1 aromatic carbocycles. The van der Waals surface area contributed by atoms with Gasteiger partial charge in [-0.25, -0.2) is 18.7 Å². The Morgan fingerprint density at radius 2 is 2.00 bits per heavy atom. The van der Waals surface area contributed by atoms with E-state index < -0.39 is 11.6 Å². The van der Waals surface area contributed by atoms with Gasteiger partial charge in [0, 0.05) is 49.1 Å². The van der Waals surface area contributed by atoms with Crippen LogP contribution in [-0.2, 0) is 19.5 Å². The minimum absolute atomic E-state index is 0.129. The molecule has 1 aliphatic heterocycles. The Balaban J connectivity index is 1.79. The predicted octanol–water partition coefficient (Wildman–Crippen LogP) is 2.62. The highest BCUT2D eigenvalue weighted by Gasteiger charge is 2.20.